The predicted octanol–water partition coefficient (Wildman–Crippen LogP) is 3.83. The summed E-state index contributed by atoms with van der Waals surface area (Å²) in [6.07, 6.45) is -0.0999. The molecule has 9 heteroatoms. The van der Waals surface area contributed by atoms with E-state index in [-0.39, 0.29) is 11.5 Å². The maximum atomic E-state index is 12.3. The summed E-state index contributed by atoms with van der Waals surface area (Å²) in [7, 11) is 1.39. The molecule has 1 aromatic carbocycles. The lowest BCUT2D eigenvalue weighted by Gasteiger charge is -2.14. The van der Waals surface area contributed by atoms with Crippen molar-refractivity contribution in [1.82, 2.24) is 10.6 Å². The number of methoxy groups -OCH3 is 1. The van der Waals surface area contributed by atoms with Crippen LogP contribution in [0.25, 0.3) is 0 Å². The van der Waals surface area contributed by atoms with Gasteiger partial charge in [0.1, 0.15) is 0 Å². The SMILES string of the molecule is CCNC(=NCc1ccc(OCC(F)(F)F)c(OC)c1)NCCCCSC. The second-order valence-corrected chi connectivity index (χ2v) is 6.70. The maximum absolute atomic E-state index is 12.3. The van der Waals surface area contributed by atoms with Gasteiger partial charge in [-0.15, -0.1) is 0 Å². The van der Waals surface area contributed by atoms with E-state index in [0.29, 0.717) is 12.5 Å². The lowest BCUT2D eigenvalue weighted by Crippen LogP contribution is -2.37. The van der Waals surface area contributed by atoms with Crippen LogP contribution >= 0.6 is 11.8 Å². The van der Waals surface area contributed by atoms with Crippen LogP contribution in [0.5, 0.6) is 11.5 Å². The Hall–Kier alpha value is -1.77. The van der Waals surface area contributed by atoms with E-state index in [2.05, 4.69) is 21.9 Å². The lowest BCUT2D eigenvalue weighted by atomic mass is 10.2. The highest BCUT2D eigenvalue weighted by Crippen LogP contribution is 2.30. The summed E-state index contributed by atoms with van der Waals surface area (Å²) < 4.78 is 46.8. The summed E-state index contributed by atoms with van der Waals surface area (Å²) >= 11 is 1.83. The van der Waals surface area contributed by atoms with Crippen LogP contribution in [0.15, 0.2) is 23.2 Å². The average molecular weight is 408 g/mol. The Morgan fingerprint density at radius 3 is 2.59 bits per heavy atom. The minimum absolute atomic E-state index is 0.0568. The molecule has 0 atom stereocenters. The minimum atomic E-state index is -4.39. The van der Waals surface area contributed by atoms with E-state index in [1.165, 1.54) is 13.2 Å². The summed E-state index contributed by atoms with van der Waals surface area (Å²) in [5, 5.41) is 6.45. The highest BCUT2D eigenvalue weighted by molar-refractivity contribution is 7.98. The number of hydrogen-bond acceptors (Lipinski definition) is 4. The fourth-order valence-corrected chi connectivity index (χ4v) is 2.67. The molecule has 2 N–H and O–H groups in total. The predicted molar refractivity (Wildman–Crippen MR) is 105 cm³/mol. The topological polar surface area (TPSA) is 54.9 Å². The van der Waals surface area contributed by atoms with Gasteiger partial charge in [-0.1, -0.05) is 6.07 Å². The molecule has 0 bridgehead atoms. The highest BCUT2D eigenvalue weighted by atomic mass is 32.2. The minimum Gasteiger partial charge on any atom is -0.493 e. The highest BCUT2D eigenvalue weighted by Gasteiger charge is 2.29. The molecule has 0 unspecified atom stereocenters. The van der Waals surface area contributed by atoms with Crippen molar-refractivity contribution < 1.29 is 22.6 Å². The van der Waals surface area contributed by atoms with E-state index in [1.54, 1.807) is 12.1 Å². The number of thioether (sulfide) groups is 1. The van der Waals surface area contributed by atoms with Crippen LogP contribution in [0.2, 0.25) is 0 Å². The molecule has 0 radical (unpaired) electrons. The van der Waals surface area contributed by atoms with E-state index in [9.17, 15) is 13.2 Å². The molecule has 1 aromatic rings. The maximum Gasteiger partial charge on any atom is 0.422 e. The Labute approximate surface area is 163 Å². The van der Waals surface area contributed by atoms with Crippen molar-refractivity contribution in [3.8, 4) is 11.5 Å². The van der Waals surface area contributed by atoms with E-state index in [0.717, 1.165) is 37.2 Å². The molecule has 0 fully saturated rings. The van der Waals surface area contributed by atoms with Gasteiger partial charge in [-0.3, -0.25) is 0 Å². The standard InChI is InChI=1S/C18H28F3N3O2S/c1-4-22-17(23-9-5-6-10-27-3)24-12-14-7-8-15(16(11-14)25-2)26-13-18(19,20)21/h7-8,11H,4-6,9-10,12-13H2,1-3H3,(H2,22,23,24). The molecular weight excluding hydrogens is 379 g/mol. The van der Waals surface area contributed by atoms with Crippen LogP contribution in [0, 0.1) is 0 Å². The van der Waals surface area contributed by atoms with Gasteiger partial charge in [0.05, 0.1) is 13.7 Å². The number of guanidine groups is 1. The Morgan fingerprint density at radius 2 is 1.96 bits per heavy atom. The van der Waals surface area contributed by atoms with Gasteiger partial charge >= 0.3 is 6.18 Å². The molecule has 0 heterocycles. The number of ether oxygens (including phenoxy) is 2. The Kier molecular flexibility index (Phi) is 10.8. The van der Waals surface area contributed by atoms with Gasteiger partial charge < -0.3 is 20.1 Å². The lowest BCUT2D eigenvalue weighted by molar-refractivity contribution is -0.153. The van der Waals surface area contributed by atoms with Crippen molar-refractivity contribution in [2.24, 2.45) is 4.99 Å². The largest absolute Gasteiger partial charge is 0.493 e. The number of aliphatic imine (C=N–C) groups is 1. The number of halogens is 3. The van der Waals surface area contributed by atoms with Crippen molar-refractivity contribution in [2.45, 2.75) is 32.5 Å². The van der Waals surface area contributed by atoms with Crippen LogP contribution in [0.3, 0.4) is 0 Å². The van der Waals surface area contributed by atoms with Gasteiger partial charge in [0.25, 0.3) is 0 Å². The number of unbranched alkanes of at least 4 members (excludes halogenated alkanes) is 1. The molecule has 0 aliphatic rings. The molecule has 0 aromatic heterocycles. The zero-order valence-electron chi connectivity index (χ0n) is 16.0. The van der Waals surface area contributed by atoms with Crippen LogP contribution < -0.4 is 20.1 Å². The fourth-order valence-electron chi connectivity index (χ4n) is 2.18. The first-order valence-corrected chi connectivity index (χ1v) is 10.2. The van der Waals surface area contributed by atoms with Crippen LogP contribution in [-0.2, 0) is 6.54 Å². The molecule has 0 aliphatic heterocycles. The van der Waals surface area contributed by atoms with Crippen molar-refractivity contribution in [1.29, 1.82) is 0 Å². The molecule has 0 spiro atoms. The number of hydrogen-bond donors (Lipinski definition) is 2. The van der Waals surface area contributed by atoms with E-state index >= 15 is 0 Å². The van der Waals surface area contributed by atoms with Gasteiger partial charge in [0.15, 0.2) is 24.1 Å². The number of benzene rings is 1. The van der Waals surface area contributed by atoms with Crippen LogP contribution in [-0.4, -0.2) is 51.0 Å². The van der Waals surface area contributed by atoms with Crippen molar-refractivity contribution in [3.05, 3.63) is 23.8 Å². The molecule has 154 valence electrons. The molecular formula is C18H28F3N3O2S. The summed E-state index contributed by atoms with van der Waals surface area (Å²) in [6, 6.07) is 4.79. The van der Waals surface area contributed by atoms with Gasteiger partial charge in [-0.05, 0) is 49.5 Å². The van der Waals surface area contributed by atoms with Crippen molar-refractivity contribution in [2.75, 3.05) is 38.8 Å². The van der Waals surface area contributed by atoms with E-state index in [1.807, 2.05) is 18.7 Å². The number of nitrogens with one attached hydrogen (secondary N) is 2. The van der Waals surface area contributed by atoms with Gasteiger partial charge in [-0.25, -0.2) is 4.99 Å². The molecule has 0 saturated carbocycles. The van der Waals surface area contributed by atoms with Crippen molar-refractivity contribution >= 4 is 17.7 Å². The Morgan fingerprint density at radius 1 is 1.19 bits per heavy atom. The van der Waals surface area contributed by atoms with Gasteiger partial charge in [0, 0.05) is 13.1 Å². The Balaban J connectivity index is 2.67. The quantitative estimate of drug-likeness (QED) is 0.332. The third kappa shape index (κ3) is 10.2. The first-order valence-electron chi connectivity index (χ1n) is 8.77. The molecule has 27 heavy (non-hydrogen) atoms. The molecule has 1 rings (SSSR count). The molecule has 5 nitrogen and oxygen atoms in total. The van der Waals surface area contributed by atoms with Gasteiger partial charge in [-0.2, -0.15) is 24.9 Å². The molecule has 0 amide bonds. The second kappa shape index (κ2) is 12.6. The monoisotopic (exact) mass is 407 g/mol. The summed E-state index contributed by atoms with van der Waals surface area (Å²) in [4.78, 5) is 4.50. The van der Waals surface area contributed by atoms with Crippen LogP contribution in [0.1, 0.15) is 25.3 Å². The summed E-state index contributed by atoms with van der Waals surface area (Å²) in [6.45, 7) is 2.58. The van der Waals surface area contributed by atoms with Gasteiger partial charge in [0.2, 0.25) is 0 Å². The number of alkyl halides is 3. The van der Waals surface area contributed by atoms with E-state index < -0.39 is 12.8 Å². The third-order valence-corrected chi connectivity index (χ3v) is 4.15. The first kappa shape index (κ1) is 23.3. The average Bonchev–Trinajstić information content (AvgIpc) is 2.63. The first-order chi connectivity index (χ1) is 12.9. The summed E-state index contributed by atoms with van der Waals surface area (Å²) in [5.74, 6) is 2.15. The van der Waals surface area contributed by atoms with E-state index in [4.69, 9.17) is 9.47 Å². The number of nitrogens with zero attached hydrogens (tertiary/aromatic N) is 1. The molecule has 0 saturated heterocycles. The fraction of sp³-hybridized carbons (Fsp3) is 0.611. The summed E-state index contributed by atoms with van der Waals surface area (Å²) in [5.41, 5.74) is 0.811. The van der Waals surface area contributed by atoms with Crippen LogP contribution in [0.4, 0.5) is 13.2 Å². The van der Waals surface area contributed by atoms with Crippen molar-refractivity contribution in [3.63, 3.8) is 0 Å². The molecule has 0 aliphatic carbocycles. The Bertz CT molecular complexity index is 583. The normalized spacial score (nSPS) is 12.0. The zero-order chi connectivity index (χ0) is 20.1. The second-order valence-electron chi connectivity index (χ2n) is 5.71. The number of rotatable bonds is 11. The third-order valence-electron chi connectivity index (χ3n) is 3.45. The zero-order valence-corrected chi connectivity index (χ0v) is 16.8. The smallest absolute Gasteiger partial charge is 0.422 e.